The van der Waals surface area contributed by atoms with E-state index in [9.17, 15) is 9.59 Å². The van der Waals surface area contributed by atoms with Gasteiger partial charge >= 0.3 is 0 Å². The fourth-order valence-corrected chi connectivity index (χ4v) is 4.61. The number of carbonyl (C=O) groups is 2. The third-order valence-corrected chi connectivity index (χ3v) is 6.31. The van der Waals surface area contributed by atoms with Gasteiger partial charge in [0, 0.05) is 18.2 Å². The maximum atomic E-state index is 13.6. The van der Waals surface area contributed by atoms with Crippen molar-refractivity contribution >= 4 is 28.7 Å². The van der Waals surface area contributed by atoms with Crippen molar-refractivity contribution in [2.45, 2.75) is 72.4 Å². The van der Waals surface area contributed by atoms with Crippen LogP contribution >= 0.6 is 0 Å². The fourth-order valence-electron chi connectivity index (χ4n) is 4.61. The van der Waals surface area contributed by atoms with Crippen LogP contribution in [0.4, 0.5) is 5.82 Å². The number of fused-ring (bicyclic) bond motifs is 1. The van der Waals surface area contributed by atoms with Gasteiger partial charge in [0.25, 0.3) is 11.8 Å². The standard InChI is InChI=1S/C27H35N5O2/c1-17(2)16-20-8-7-15-31(20)26(34)23-21-13-14-22(28-24(21)32(30-23)27(4,5)6)29-25(33)19-11-9-18(3)10-12-19/h9-14,17,20H,7-8,15-16H2,1-6H3,(H,28,29,33). The van der Waals surface area contributed by atoms with Crippen LogP contribution in [0.5, 0.6) is 0 Å². The first-order valence-corrected chi connectivity index (χ1v) is 12.1. The summed E-state index contributed by atoms with van der Waals surface area (Å²) in [6.45, 7) is 13.2. The number of nitrogens with zero attached hydrogens (tertiary/aromatic N) is 4. The summed E-state index contributed by atoms with van der Waals surface area (Å²) in [5.41, 5.74) is 2.31. The van der Waals surface area contributed by atoms with Gasteiger partial charge in [0.2, 0.25) is 0 Å². The topological polar surface area (TPSA) is 80.1 Å². The van der Waals surface area contributed by atoms with Crippen LogP contribution in [0.2, 0.25) is 0 Å². The van der Waals surface area contributed by atoms with E-state index in [4.69, 9.17) is 10.1 Å². The number of benzene rings is 1. The van der Waals surface area contributed by atoms with Gasteiger partial charge in [-0.2, -0.15) is 5.10 Å². The molecule has 1 fully saturated rings. The van der Waals surface area contributed by atoms with Gasteiger partial charge in [-0.1, -0.05) is 31.5 Å². The Morgan fingerprint density at radius 3 is 2.47 bits per heavy atom. The number of anilines is 1. The highest BCUT2D eigenvalue weighted by atomic mass is 16.2. The van der Waals surface area contributed by atoms with E-state index in [1.807, 2.05) is 50.8 Å². The molecule has 3 heterocycles. The first kappa shape index (κ1) is 23.9. The number of carbonyl (C=O) groups excluding carboxylic acids is 2. The molecule has 0 aliphatic carbocycles. The number of amides is 2. The summed E-state index contributed by atoms with van der Waals surface area (Å²) >= 11 is 0. The summed E-state index contributed by atoms with van der Waals surface area (Å²) in [5, 5.41) is 8.35. The lowest BCUT2D eigenvalue weighted by Gasteiger charge is -2.25. The maximum Gasteiger partial charge on any atom is 0.275 e. The highest BCUT2D eigenvalue weighted by molar-refractivity contribution is 6.06. The Kier molecular flexibility index (Phi) is 6.47. The number of pyridine rings is 1. The van der Waals surface area contributed by atoms with Gasteiger partial charge in [-0.3, -0.25) is 9.59 Å². The average molecular weight is 462 g/mol. The second-order valence-electron chi connectivity index (χ2n) is 10.7. The summed E-state index contributed by atoms with van der Waals surface area (Å²) in [6, 6.07) is 11.2. The zero-order valence-corrected chi connectivity index (χ0v) is 21.1. The fraction of sp³-hybridized carbons (Fsp3) is 0.481. The minimum absolute atomic E-state index is 0.0330. The van der Waals surface area contributed by atoms with Crippen molar-refractivity contribution in [2.75, 3.05) is 11.9 Å². The minimum Gasteiger partial charge on any atom is -0.334 e. The Balaban J connectivity index is 1.69. The molecule has 7 nitrogen and oxygen atoms in total. The number of likely N-dealkylation sites (tertiary alicyclic amines) is 1. The number of nitrogens with one attached hydrogen (secondary N) is 1. The molecule has 2 amide bonds. The van der Waals surface area contributed by atoms with E-state index < -0.39 is 0 Å². The van der Waals surface area contributed by atoms with E-state index in [2.05, 4.69) is 19.2 Å². The number of rotatable bonds is 5. The van der Waals surface area contributed by atoms with Gasteiger partial charge in [0.15, 0.2) is 11.3 Å². The Morgan fingerprint density at radius 2 is 1.82 bits per heavy atom. The van der Waals surface area contributed by atoms with Crippen LogP contribution in [0.25, 0.3) is 11.0 Å². The van der Waals surface area contributed by atoms with Crippen molar-refractivity contribution in [2.24, 2.45) is 5.92 Å². The molecular formula is C27H35N5O2. The van der Waals surface area contributed by atoms with Crippen LogP contribution in [0, 0.1) is 12.8 Å². The first-order valence-electron chi connectivity index (χ1n) is 12.1. The molecule has 1 N–H and O–H groups in total. The molecule has 0 radical (unpaired) electrons. The smallest absolute Gasteiger partial charge is 0.275 e. The Labute approximate surface area is 201 Å². The molecule has 1 aliphatic heterocycles. The highest BCUT2D eigenvalue weighted by Gasteiger charge is 2.33. The Morgan fingerprint density at radius 1 is 1.12 bits per heavy atom. The van der Waals surface area contributed by atoms with Crippen LogP contribution in [-0.2, 0) is 5.54 Å². The van der Waals surface area contributed by atoms with Crippen LogP contribution in [0.15, 0.2) is 36.4 Å². The molecular weight excluding hydrogens is 426 g/mol. The number of hydrogen-bond acceptors (Lipinski definition) is 4. The lowest BCUT2D eigenvalue weighted by Crippen LogP contribution is -2.37. The lowest BCUT2D eigenvalue weighted by molar-refractivity contribution is 0.0716. The molecule has 1 aliphatic rings. The molecule has 180 valence electrons. The molecule has 0 saturated carbocycles. The predicted octanol–water partition coefficient (Wildman–Crippen LogP) is 5.40. The molecule has 1 atom stereocenters. The summed E-state index contributed by atoms with van der Waals surface area (Å²) < 4.78 is 1.80. The van der Waals surface area contributed by atoms with E-state index in [0.717, 1.165) is 31.4 Å². The molecule has 0 spiro atoms. The average Bonchev–Trinajstić information content (AvgIpc) is 3.37. The highest BCUT2D eigenvalue weighted by Crippen LogP contribution is 2.30. The van der Waals surface area contributed by atoms with E-state index in [0.29, 0.717) is 34.0 Å². The van der Waals surface area contributed by atoms with Gasteiger partial charge < -0.3 is 10.2 Å². The molecule has 7 heteroatoms. The first-order chi connectivity index (χ1) is 16.0. The van der Waals surface area contributed by atoms with E-state index in [1.54, 1.807) is 22.9 Å². The lowest BCUT2D eigenvalue weighted by atomic mass is 10.0. The SMILES string of the molecule is Cc1ccc(C(=O)Nc2ccc3c(C(=O)N4CCCC4CC(C)C)nn(C(C)(C)C)c3n2)cc1. The summed E-state index contributed by atoms with van der Waals surface area (Å²) in [7, 11) is 0. The summed E-state index contributed by atoms with van der Waals surface area (Å²) in [6.07, 6.45) is 3.06. The van der Waals surface area contributed by atoms with Crippen molar-refractivity contribution in [1.29, 1.82) is 0 Å². The molecule has 3 aromatic rings. The third-order valence-electron chi connectivity index (χ3n) is 6.31. The van der Waals surface area contributed by atoms with Gasteiger partial charge in [-0.15, -0.1) is 0 Å². The molecule has 4 rings (SSSR count). The molecule has 0 bridgehead atoms. The van der Waals surface area contributed by atoms with Crippen LogP contribution in [-0.4, -0.2) is 44.1 Å². The molecule has 1 unspecified atom stereocenters. The monoisotopic (exact) mass is 461 g/mol. The third kappa shape index (κ3) is 4.83. The van der Waals surface area contributed by atoms with Gasteiger partial charge in [0.1, 0.15) is 5.82 Å². The van der Waals surface area contributed by atoms with Crippen molar-refractivity contribution < 1.29 is 9.59 Å². The number of aromatic nitrogens is 3. The van der Waals surface area contributed by atoms with Crippen LogP contribution < -0.4 is 5.32 Å². The van der Waals surface area contributed by atoms with Gasteiger partial charge in [-0.05, 0) is 77.1 Å². The van der Waals surface area contributed by atoms with Gasteiger partial charge in [-0.25, -0.2) is 9.67 Å². The Hall–Kier alpha value is -3.22. The summed E-state index contributed by atoms with van der Waals surface area (Å²) in [4.78, 5) is 33.0. The molecule has 34 heavy (non-hydrogen) atoms. The van der Waals surface area contributed by atoms with Crippen molar-refractivity contribution in [3.63, 3.8) is 0 Å². The maximum absolute atomic E-state index is 13.6. The number of aryl methyl sites for hydroxylation is 1. The van der Waals surface area contributed by atoms with E-state index in [-0.39, 0.29) is 23.4 Å². The predicted molar refractivity (Wildman–Crippen MR) is 135 cm³/mol. The zero-order chi connectivity index (χ0) is 24.6. The van der Waals surface area contributed by atoms with Crippen LogP contribution in [0.1, 0.15) is 80.3 Å². The largest absolute Gasteiger partial charge is 0.334 e. The minimum atomic E-state index is -0.383. The van der Waals surface area contributed by atoms with Crippen molar-refractivity contribution in [3.05, 3.63) is 53.2 Å². The second-order valence-corrected chi connectivity index (χ2v) is 10.7. The quantitative estimate of drug-likeness (QED) is 0.552. The molecule has 2 aromatic heterocycles. The zero-order valence-electron chi connectivity index (χ0n) is 21.1. The summed E-state index contributed by atoms with van der Waals surface area (Å²) in [5.74, 6) is 0.706. The molecule has 1 aromatic carbocycles. The molecule has 1 saturated heterocycles. The van der Waals surface area contributed by atoms with Crippen LogP contribution in [0.3, 0.4) is 0 Å². The van der Waals surface area contributed by atoms with Crippen molar-refractivity contribution in [1.82, 2.24) is 19.7 Å². The normalized spacial score (nSPS) is 16.4. The second kappa shape index (κ2) is 9.20. The van der Waals surface area contributed by atoms with Crippen molar-refractivity contribution in [3.8, 4) is 0 Å². The Bertz CT molecular complexity index is 1200. The van der Waals surface area contributed by atoms with E-state index >= 15 is 0 Å². The van der Waals surface area contributed by atoms with E-state index in [1.165, 1.54) is 0 Å². The number of hydrogen-bond donors (Lipinski definition) is 1. The van der Waals surface area contributed by atoms with Gasteiger partial charge in [0.05, 0.1) is 10.9 Å².